The molecule has 1 atom stereocenters. The highest BCUT2D eigenvalue weighted by Gasteiger charge is 2.19. The molecule has 0 heterocycles. The SMILES string of the molecule is CCOc1ccccc1OCCC(C(=O)O)c1ccccc1. The van der Waals surface area contributed by atoms with Crippen molar-refractivity contribution >= 4 is 5.97 Å². The third kappa shape index (κ3) is 4.25. The molecule has 0 amide bonds. The lowest BCUT2D eigenvalue weighted by Crippen LogP contribution is -2.15. The van der Waals surface area contributed by atoms with E-state index >= 15 is 0 Å². The summed E-state index contributed by atoms with van der Waals surface area (Å²) in [5, 5.41) is 9.38. The number of hydrogen-bond acceptors (Lipinski definition) is 3. The van der Waals surface area contributed by atoms with Gasteiger partial charge in [0.1, 0.15) is 0 Å². The molecule has 0 aromatic heterocycles. The Morgan fingerprint density at radius 2 is 1.59 bits per heavy atom. The van der Waals surface area contributed by atoms with Gasteiger partial charge in [0.25, 0.3) is 0 Å². The molecule has 4 heteroatoms. The van der Waals surface area contributed by atoms with Crippen LogP contribution in [0.3, 0.4) is 0 Å². The molecule has 0 spiro atoms. The Balaban J connectivity index is 1.98. The van der Waals surface area contributed by atoms with Crippen LogP contribution in [0.4, 0.5) is 0 Å². The fraction of sp³-hybridized carbons (Fsp3) is 0.278. The van der Waals surface area contributed by atoms with Crippen LogP contribution in [0, 0.1) is 0 Å². The highest BCUT2D eigenvalue weighted by molar-refractivity contribution is 5.76. The van der Waals surface area contributed by atoms with Crippen molar-refractivity contribution in [1.29, 1.82) is 0 Å². The first-order chi connectivity index (χ1) is 10.7. The molecule has 0 aliphatic carbocycles. The lowest BCUT2D eigenvalue weighted by molar-refractivity contribution is -0.139. The van der Waals surface area contributed by atoms with Gasteiger partial charge in [-0.25, -0.2) is 0 Å². The van der Waals surface area contributed by atoms with Crippen molar-refractivity contribution in [3.05, 3.63) is 60.2 Å². The van der Waals surface area contributed by atoms with Gasteiger partial charge in [0.15, 0.2) is 11.5 Å². The van der Waals surface area contributed by atoms with Gasteiger partial charge < -0.3 is 14.6 Å². The van der Waals surface area contributed by atoms with Crippen LogP contribution in [-0.4, -0.2) is 24.3 Å². The van der Waals surface area contributed by atoms with Gasteiger partial charge in [0, 0.05) is 0 Å². The zero-order chi connectivity index (χ0) is 15.8. The first-order valence-electron chi connectivity index (χ1n) is 7.34. The molecule has 0 aliphatic heterocycles. The van der Waals surface area contributed by atoms with Gasteiger partial charge in [-0.3, -0.25) is 4.79 Å². The van der Waals surface area contributed by atoms with Crippen molar-refractivity contribution in [3.8, 4) is 11.5 Å². The van der Waals surface area contributed by atoms with Crippen molar-refractivity contribution in [1.82, 2.24) is 0 Å². The molecular weight excluding hydrogens is 280 g/mol. The van der Waals surface area contributed by atoms with Crippen LogP contribution in [0.15, 0.2) is 54.6 Å². The minimum Gasteiger partial charge on any atom is -0.490 e. The Morgan fingerprint density at radius 1 is 1.00 bits per heavy atom. The normalized spacial score (nSPS) is 11.7. The molecule has 0 aliphatic rings. The molecule has 2 aromatic rings. The van der Waals surface area contributed by atoms with Crippen molar-refractivity contribution in [2.45, 2.75) is 19.3 Å². The zero-order valence-electron chi connectivity index (χ0n) is 12.6. The van der Waals surface area contributed by atoms with Gasteiger partial charge in [-0.15, -0.1) is 0 Å². The zero-order valence-corrected chi connectivity index (χ0v) is 12.6. The highest BCUT2D eigenvalue weighted by Crippen LogP contribution is 2.27. The molecule has 0 saturated heterocycles. The van der Waals surface area contributed by atoms with Crippen LogP contribution in [0.25, 0.3) is 0 Å². The average molecular weight is 300 g/mol. The van der Waals surface area contributed by atoms with E-state index in [0.717, 1.165) is 5.56 Å². The van der Waals surface area contributed by atoms with Gasteiger partial charge >= 0.3 is 5.97 Å². The smallest absolute Gasteiger partial charge is 0.311 e. The van der Waals surface area contributed by atoms with Crippen LogP contribution >= 0.6 is 0 Å². The second-order valence-electron chi connectivity index (χ2n) is 4.82. The maximum absolute atomic E-state index is 11.4. The van der Waals surface area contributed by atoms with Gasteiger partial charge in [-0.05, 0) is 31.0 Å². The fourth-order valence-corrected chi connectivity index (χ4v) is 2.25. The van der Waals surface area contributed by atoms with E-state index < -0.39 is 11.9 Å². The summed E-state index contributed by atoms with van der Waals surface area (Å²) in [6.07, 6.45) is 0.403. The largest absolute Gasteiger partial charge is 0.490 e. The molecule has 0 fully saturated rings. The molecule has 1 unspecified atom stereocenters. The second kappa shape index (κ2) is 8.08. The summed E-state index contributed by atoms with van der Waals surface area (Å²) in [4.78, 5) is 11.4. The number of aliphatic carboxylic acids is 1. The molecule has 1 N–H and O–H groups in total. The summed E-state index contributed by atoms with van der Waals surface area (Å²) < 4.78 is 11.2. The average Bonchev–Trinajstić information content (AvgIpc) is 2.54. The monoisotopic (exact) mass is 300 g/mol. The van der Waals surface area contributed by atoms with E-state index in [1.165, 1.54) is 0 Å². The molecular formula is C18H20O4. The Morgan fingerprint density at radius 3 is 2.18 bits per heavy atom. The second-order valence-corrected chi connectivity index (χ2v) is 4.82. The number of rotatable bonds is 8. The van der Waals surface area contributed by atoms with E-state index in [1.54, 1.807) is 0 Å². The molecule has 0 saturated carbocycles. The number of carboxylic acids is 1. The number of hydrogen-bond donors (Lipinski definition) is 1. The first kappa shape index (κ1) is 15.9. The van der Waals surface area contributed by atoms with E-state index in [2.05, 4.69) is 0 Å². The summed E-state index contributed by atoms with van der Waals surface area (Å²) >= 11 is 0. The van der Waals surface area contributed by atoms with Crippen molar-refractivity contribution in [2.24, 2.45) is 0 Å². The molecule has 22 heavy (non-hydrogen) atoms. The van der Waals surface area contributed by atoms with Crippen LogP contribution < -0.4 is 9.47 Å². The number of carbonyl (C=O) groups is 1. The first-order valence-corrected chi connectivity index (χ1v) is 7.34. The van der Waals surface area contributed by atoms with E-state index in [-0.39, 0.29) is 0 Å². The van der Waals surface area contributed by atoms with Crippen LogP contribution in [0.1, 0.15) is 24.8 Å². The van der Waals surface area contributed by atoms with Gasteiger partial charge in [0.05, 0.1) is 19.1 Å². The minimum atomic E-state index is -0.840. The van der Waals surface area contributed by atoms with Crippen LogP contribution in [0.5, 0.6) is 11.5 Å². The van der Waals surface area contributed by atoms with Crippen molar-refractivity contribution < 1.29 is 19.4 Å². The fourth-order valence-electron chi connectivity index (χ4n) is 2.25. The Labute approximate surface area is 130 Å². The molecule has 4 nitrogen and oxygen atoms in total. The highest BCUT2D eigenvalue weighted by atomic mass is 16.5. The number of para-hydroxylation sites is 2. The third-order valence-electron chi connectivity index (χ3n) is 3.31. The summed E-state index contributed by atoms with van der Waals surface area (Å²) in [5.41, 5.74) is 0.789. The molecule has 2 aromatic carbocycles. The summed E-state index contributed by atoms with van der Waals surface area (Å²) in [6, 6.07) is 16.6. The number of carboxylic acid groups (broad SMARTS) is 1. The molecule has 116 valence electrons. The lowest BCUT2D eigenvalue weighted by atomic mass is 9.96. The minimum absolute atomic E-state index is 0.315. The van der Waals surface area contributed by atoms with Crippen molar-refractivity contribution in [3.63, 3.8) is 0 Å². The predicted molar refractivity (Wildman–Crippen MR) is 84.5 cm³/mol. The molecule has 2 rings (SSSR count). The molecule has 0 radical (unpaired) electrons. The van der Waals surface area contributed by atoms with Crippen LogP contribution in [-0.2, 0) is 4.79 Å². The Kier molecular flexibility index (Phi) is 5.83. The van der Waals surface area contributed by atoms with Gasteiger partial charge in [0.2, 0.25) is 0 Å². The van der Waals surface area contributed by atoms with E-state index in [9.17, 15) is 9.90 Å². The van der Waals surface area contributed by atoms with E-state index in [0.29, 0.717) is 31.1 Å². The van der Waals surface area contributed by atoms with Crippen LogP contribution in [0.2, 0.25) is 0 Å². The van der Waals surface area contributed by atoms with E-state index in [1.807, 2.05) is 61.5 Å². The standard InChI is InChI=1S/C18H20O4/c1-2-21-16-10-6-7-11-17(16)22-13-12-15(18(19)20)14-8-4-3-5-9-14/h3-11,15H,2,12-13H2,1H3,(H,19,20). The summed E-state index contributed by atoms with van der Waals surface area (Å²) in [6.45, 7) is 2.78. The Bertz CT molecular complexity index is 595. The summed E-state index contributed by atoms with van der Waals surface area (Å²) in [5.74, 6) is -0.0912. The maximum atomic E-state index is 11.4. The predicted octanol–water partition coefficient (Wildman–Crippen LogP) is 3.72. The van der Waals surface area contributed by atoms with E-state index in [4.69, 9.17) is 9.47 Å². The molecule has 0 bridgehead atoms. The number of ether oxygens (including phenoxy) is 2. The lowest BCUT2D eigenvalue weighted by Gasteiger charge is -2.15. The number of benzene rings is 2. The quantitative estimate of drug-likeness (QED) is 0.807. The van der Waals surface area contributed by atoms with Gasteiger partial charge in [-0.2, -0.15) is 0 Å². The maximum Gasteiger partial charge on any atom is 0.311 e. The summed E-state index contributed by atoms with van der Waals surface area (Å²) in [7, 11) is 0. The van der Waals surface area contributed by atoms with Gasteiger partial charge in [-0.1, -0.05) is 42.5 Å². The third-order valence-corrected chi connectivity index (χ3v) is 3.31. The topological polar surface area (TPSA) is 55.8 Å². The Hall–Kier alpha value is -2.49. The van der Waals surface area contributed by atoms with Crippen molar-refractivity contribution in [2.75, 3.05) is 13.2 Å².